The van der Waals surface area contributed by atoms with Crippen molar-refractivity contribution in [1.29, 1.82) is 0 Å². The molecule has 0 saturated heterocycles. The molecule has 1 aromatic carbocycles. The Morgan fingerprint density at radius 1 is 1.25 bits per heavy atom. The van der Waals surface area contributed by atoms with Crippen LogP contribution >= 0.6 is 11.6 Å². The number of halogens is 1. The van der Waals surface area contributed by atoms with Crippen molar-refractivity contribution in [3.05, 3.63) is 45.0 Å². The third kappa shape index (κ3) is 3.10. The van der Waals surface area contributed by atoms with E-state index < -0.39 is 5.97 Å². The van der Waals surface area contributed by atoms with Gasteiger partial charge in [-0.3, -0.25) is 4.79 Å². The van der Waals surface area contributed by atoms with Gasteiger partial charge in [0.2, 0.25) is 0 Å². The van der Waals surface area contributed by atoms with E-state index in [1.54, 1.807) is 26.8 Å². The molecule has 0 N–H and O–H groups in total. The first-order valence-corrected chi connectivity index (χ1v) is 6.87. The summed E-state index contributed by atoms with van der Waals surface area (Å²) >= 11 is 6.23. The van der Waals surface area contributed by atoms with Crippen LogP contribution in [0, 0.1) is 20.8 Å². The molecule has 3 nitrogen and oxygen atoms in total. The van der Waals surface area contributed by atoms with Crippen LogP contribution in [0.25, 0.3) is 0 Å². The molecule has 0 aliphatic rings. The van der Waals surface area contributed by atoms with E-state index in [1.165, 1.54) is 6.08 Å². The fourth-order valence-electron chi connectivity index (χ4n) is 1.94. The van der Waals surface area contributed by atoms with E-state index in [4.69, 9.17) is 16.3 Å². The summed E-state index contributed by atoms with van der Waals surface area (Å²) in [7, 11) is 0. The van der Waals surface area contributed by atoms with Crippen molar-refractivity contribution in [2.24, 2.45) is 0 Å². The summed E-state index contributed by atoms with van der Waals surface area (Å²) in [6, 6.07) is 1.77. The second-order valence-corrected chi connectivity index (χ2v) is 4.93. The first-order valence-electron chi connectivity index (χ1n) is 6.49. The quantitative estimate of drug-likeness (QED) is 0.277. The van der Waals surface area contributed by atoms with Crippen LogP contribution in [0.4, 0.5) is 0 Å². The molecule has 20 heavy (non-hydrogen) atoms. The van der Waals surface area contributed by atoms with Crippen molar-refractivity contribution < 1.29 is 14.3 Å². The van der Waals surface area contributed by atoms with Gasteiger partial charge in [-0.15, -0.1) is 0 Å². The maximum atomic E-state index is 12.5. The van der Waals surface area contributed by atoms with Crippen LogP contribution in [-0.2, 0) is 9.53 Å². The highest BCUT2D eigenvalue weighted by Crippen LogP contribution is 2.28. The number of hydrogen-bond acceptors (Lipinski definition) is 3. The number of benzene rings is 1. The zero-order valence-corrected chi connectivity index (χ0v) is 13.2. The molecule has 0 amide bonds. The minimum atomic E-state index is -0.603. The molecule has 1 rings (SSSR count). The Balaban J connectivity index is 3.31. The van der Waals surface area contributed by atoms with Gasteiger partial charge < -0.3 is 4.74 Å². The van der Waals surface area contributed by atoms with Crippen LogP contribution in [0.15, 0.2) is 17.7 Å². The van der Waals surface area contributed by atoms with E-state index in [1.807, 2.05) is 13.8 Å². The minimum Gasteiger partial charge on any atom is -0.462 e. The minimum absolute atomic E-state index is 0.0364. The van der Waals surface area contributed by atoms with Gasteiger partial charge >= 0.3 is 5.97 Å². The highest BCUT2D eigenvalue weighted by molar-refractivity contribution is 6.33. The molecule has 0 atom stereocenters. The van der Waals surface area contributed by atoms with E-state index >= 15 is 0 Å². The van der Waals surface area contributed by atoms with Crippen LogP contribution in [-0.4, -0.2) is 18.4 Å². The second kappa shape index (κ2) is 6.71. The van der Waals surface area contributed by atoms with Crippen molar-refractivity contribution in [2.45, 2.75) is 34.6 Å². The molecule has 0 bridgehead atoms. The Bertz CT molecular complexity index is 586. The maximum Gasteiger partial charge on any atom is 0.341 e. The lowest BCUT2D eigenvalue weighted by atomic mass is 9.94. The number of carbonyl (C=O) groups excluding carboxylic acids is 2. The zero-order chi connectivity index (χ0) is 15.4. The summed E-state index contributed by atoms with van der Waals surface area (Å²) in [5.74, 6) is -0.956. The van der Waals surface area contributed by atoms with Crippen LogP contribution in [0.2, 0.25) is 5.02 Å². The molecule has 0 aliphatic carbocycles. The van der Waals surface area contributed by atoms with Gasteiger partial charge in [0.25, 0.3) is 0 Å². The van der Waals surface area contributed by atoms with Gasteiger partial charge in [-0.1, -0.05) is 17.7 Å². The number of ether oxygens (including phenoxy) is 1. The molecule has 4 heteroatoms. The highest BCUT2D eigenvalue weighted by atomic mass is 35.5. The lowest BCUT2D eigenvalue weighted by Crippen LogP contribution is -2.17. The van der Waals surface area contributed by atoms with Crippen LogP contribution in [0.3, 0.4) is 0 Å². The fraction of sp³-hybridized carbons (Fsp3) is 0.375. The van der Waals surface area contributed by atoms with Crippen LogP contribution in [0.5, 0.6) is 0 Å². The molecule has 0 fully saturated rings. The molecular weight excluding hydrogens is 276 g/mol. The summed E-state index contributed by atoms with van der Waals surface area (Å²) in [5, 5.41) is 0.563. The van der Waals surface area contributed by atoms with Gasteiger partial charge in [-0.2, -0.15) is 0 Å². The molecule has 1 aromatic rings. The summed E-state index contributed by atoms with van der Waals surface area (Å²) < 4.78 is 4.90. The first kappa shape index (κ1) is 16.4. The van der Waals surface area contributed by atoms with Crippen molar-refractivity contribution in [1.82, 2.24) is 0 Å². The van der Waals surface area contributed by atoms with E-state index in [0.29, 0.717) is 16.1 Å². The van der Waals surface area contributed by atoms with E-state index in [2.05, 4.69) is 0 Å². The van der Waals surface area contributed by atoms with E-state index in [0.717, 1.165) is 11.1 Å². The van der Waals surface area contributed by atoms with Crippen molar-refractivity contribution >= 4 is 23.4 Å². The number of hydrogen-bond donors (Lipinski definition) is 0. The van der Waals surface area contributed by atoms with Crippen molar-refractivity contribution in [3.8, 4) is 0 Å². The Morgan fingerprint density at radius 2 is 1.85 bits per heavy atom. The Labute approximate surface area is 124 Å². The summed E-state index contributed by atoms with van der Waals surface area (Å²) in [6.07, 6.45) is 1.48. The average molecular weight is 295 g/mol. The Morgan fingerprint density at radius 3 is 2.35 bits per heavy atom. The summed E-state index contributed by atoms with van der Waals surface area (Å²) in [4.78, 5) is 24.3. The number of Topliss-reactive ketones (excluding diaryl/α,β-unsaturated/α-hetero) is 1. The standard InChI is InChI=1S/C16H19ClO3/c1-6-12(16(19)20-7-2)15(18)13-8-9(3)10(4)14(17)11(13)5/h6,8H,7H2,1-5H3/b12-6+. The number of rotatable bonds is 4. The molecular formula is C16H19ClO3. The molecule has 0 spiro atoms. The fourth-order valence-corrected chi connectivity index (χ4v) is 2.19. The molecule has 0 heterocycles. The highest BCUT2D eigenvalue weighted by Gasteiger charge is 2.23. The monoisotopic (exact) mass is 294 g/mol. The maximum absolute atomic E-state index is 12.5. The van der Waals surface area contributed by atoms with Gasteiger partial charge in [0.05, 0.1) is 6.61 Å². The number of esters is 1. The van der Waals surface area contributed by atoms with Gasteiger partial charge in [0.1, 0.15) is 5.57 Å². The average Bonchev–Trinajstić information content (AvgIpc) is 2.41. The first-order chi connectivity index (χ1) is 9.34. The summed E-state index contributed by atoms with van der Waals surface area (Å²) in [6.45, 7) is 9.14. The second-order valence-electron chi connectivity index (χ2n) is 4.56. The normalized spacial score (nSPS) is 11.4. The van der Waals surface area contributed by atoms with Crippen molar-refractivity contribution in [3.63, 3.8) is 0 Å². The van der Waals surface area contributed by atoms with E-state index in [-0.39, 0.29) is 18.0 Å². The van der Waals surface area contributed by atoms with Crippen molar-refractivity contribution in [2.75, 3.05) is 6.61 Å². The Kier molecular flexibility index (Phi) is 5.52. The van der Waals surface area contributed by atoms with Gasteiger partial charge in [-0.25, -0.2) is 4.79 Å². The van der Waals surface area contributed by atoms with Crippen LogP contribution in [0.1, 0.15) is 40.9 Å². The SMILES string of the molecule is C/C=C(/C(=O)OCC)C(=O)c1cc(C)c(C)c(Cl)c1C. The number of aryl methyl sites for hydroxylation is 1. The van der Waals surface area contributed by atoms with Gasteiger partial charge in [0, 0.05) is 10.6 Å². The topological polar surface area (TPSA) is 43.4 Å². The predicted molar refractivity (Wildman–Crippen MR) is 80.4 cm³/mol. The van der Waals surface area contributed by atoms with Crippen LogP contribution < -0.4 is 0 Å². The number of carbonyl (C=O) groups is 2. The Hall–Kier alpha value is -1.61. The van der Waals surface area contributed by atoms with Gasteiger partial charge in [0.15, 0.2) is 5.78 Å². The molecule has 0 radical (unpaired) electrons. The van der Waals surface area contributed by atoms with Gasteiger partial charge in [-0.05, 0) is 57.4 Å². The van der Waals surface area contributed by atoms with E-state index in [9.17, 15) is 9.59 Å². The number of ketones is 1. The molecule has 108 valence electrons. The third-order valence-electron chi connectivity index (χ3n) is 3.29. The zero-order valence-electron chi connectivity index (χ0n) is 12.5. The predicted octanol–water partition coefficient (Wildman–Crippen LogP) is 3.96. The lowest BCUT2D eigenvalue weighted by Gasteiger charge is -2.13. The smallest absolute Gasteiger partial charge is 0.341 e. The molecule has 0 saturated carbocycles. The number of allylic oxidation sites excluding steroid dienone is 1. The largest absolute Gasteiger partial charge is 0.462 e. The summed E-state index contributed by atoms with van der Waals surface area (Å²) in [5.41, 5.74) is 3.03. The molecule has 0 aromatic heterocycles. The third-order valence-corrected chi connectivity index (χ3v) is 3.86. The molecule has 0 unspecified atom stereocenters. The molecule has 0 aliphatic heterocycles. The lowest BCUT2D eigenvalue weighted by molar-refractivity contribution is -0.138.